The molecule has 2 aromatic rings. The van der Waals surface area contributed by atoms with Gasteiger partial charge in [-0.15, -0.1) is 0 Å². The number of carbonyl (C=O) groups is 1. The van der Waals surface area contributed by atoms with Gasteiger partial charge in [-0.05, 0) is 42.5 Å². The van der Waals surface area contributed by atoms with Crippen molar-refractivity contribution in [3.63, 3.8) is 0 Å². The molecule has 1 atom stereocenters. The van der Waals surface area contributed by atoms with Gasteiger partial charge in [0.2, 0.25) is 6.79 Å². The predicted octanol–water partition coefficient (Wildman–Crippen LogP) is 2.52. The lowest BCUT2D eigenvalue weighted by Gasteiger charge is -2.32. The molecule has 1 aromatic heterocycles. The number of rotatable bonds is 5. The molecule has 8 nitrogen and oxygen atoms in total. The van der Waals surface area contributed by atoms with E-state index in [1.54, 1.807) is 17.3 Å². The summed E-state index contributed by atoms with van der Waals surface area (Å²) in [6.07, 6.45) is 6.11. The van der Waals surface area contributed by atoms with Crippen LogP contribution in [0, 0.1) is 0 Å². The largest absolute Gasteiger partial charge is 0.458 e. The van der Waals surface area contributed by atoms with Crippen LogP contribution in [0.3, 0.4) is 0 Å². The highest BCUT2D eigenvalue weighted by Crippen LogP contribution is 2.32. The first kappa shape index (κ1) is 18.3. The molecule has 8 heteroatoms. The van der Waals surface area contributed by atoms with Crippen LogP contribution in [0.15, 0.2) is 30.6 Å². The number of nitrogens with one attached hydrogen (secondary N) is 1. The molecule has 0 spiro atoms. The van der Waals surface area contributed by atoms with Crippen molar-refractivity contribution in [2.45, 2.75) is 38.8 Å². The molecule has 1 saturated heterocycles. The van der Waals surface area contributed by atoms with E-state index in [0.29, 0.717) is 31.4 Å². The Kier molecular flexibility index (Phi) is 5.45. The van der Waals surface area contributed by atoms with E-state index in [4.69, 9.17) is 14.2 Å². The minimum Gasteiger partial charge on any atom is -0.458 e. The van der Waals surface area contributed by atoms with Crippen LogP contribution in [0.5, 0.6) is 17.5 Å². The minimum atomic E-state index is -0.104. The number of aryl methyl sites for hydroxylation is 1. The first-order valence-corrected chi connectivity index (χ1v) is 9.60. The van der Waals surface area contributed by atoms with Crippen molar-refractivity contribution in [1.82, 2.24) is 20.2 Å². The maximum absolute atomic E-state index is 12.6. The molecule has 4 rings (SSSR count). The van der Waals surface area contributed by atoms with Gasteiger partial charge in [0.25, 0.3) is 0 Å². The highest BCUT2D eigenvalue weighted by Gasteiger charge is 2.25. The second kappa shape index (κ2) is 8.33. The molecule has 0 radical (unpaired) electrons. The molecule has 1 aromatic carbocycles. The second-order valence-electron chi connectivity index (χ2n) is 6.90. The number of urea groups is 1. The van der Waals surface area contributed by atoms with Gasteiger partial charge in [0.1, 0.15) is 6.10 Å². The number of ether oxygens (including phenoxy) is 3. The number of nitrogens with zero attached hydrogens (tertiary/aromatic N) is 3. The van der Waals surface area contributed by atoms with Crippen molar-refractivity contribution in [2.75, 3.05) is 19.9 Å². The highest BCUT2D eigenvalue weighted by atomic mass is 16.7. The summed E-state index contributed by atoms with van der Waals surface area (Å²) in [5, 5.41) is 2.96. The summed E-state index contributed by atoms with van der Waals surface area (Å²) in [6, 6.07) is 5.94. The molecular weight excluding hydrogens is 360 g/mol. The molecule has 1 unspecified atom stereocenters. The van der Waals surface area contributed by atoms with Crippen LogP contribution in [0.1, 0.15) is 30.9 Å². The van der Waals surface area contributed by atoms with E-state index in [1.807, 2.05) is 18.2 Å². The zero-order chi connectivity index (χ0) is 19.3. The van der Waals surface area contributed by atoms with E-state index in [1.165, 1.54) is 0 Å². The number of hydrogen-bond donors (Lipinski definition) is 1. The van der Waals surface area contributed by atoms with Gasteiger partial charge in [0, 0.05) is 25.5 Å². The molecule has 3 heterocycles. The fraction of sp³-hybridized carbons (Fsp3) is 0.450. The van der Waals surface area contributed by atoms with Crippen molar-refractivity contribution in [3.8, 4) is 17.5 Å². The third kappa shape index (κ3) is 4.27. The first-order chi connectivity index (χ1) is 13.7. The Morgan fingerprint density at radius 3 is 2.89 bits per heavy atom. The number of benzene rings is 1. The second-order valence-corrected chi connectivity index (χ2v) is 6.90. The van der Waals surface area contributed by atoms with Crippen molar-refractivity contribution in [3.05, 3.63) is 41.7 Å². The SMILES string of the molecule is CCc1cnc(OC2CCCN(C(=O)NCc3ccc4c(c3)OCO4)C2)nc1. The number of hydrogen-bond acceptors (Lipinski definition) is 6. The summed E-state index contributed by atoms with van der Waals surface area (Å²) >= 11 is 0. The van der Waals surface area contributed by atoms with Crippen molar-refractivity contribution >= 4 is 6.03 Å². The Labute approximate surface area is 163 Å². The van der Waals surface area contributed by atoms with Crippen LogP contribution < -0.4 is 19.5 Å². The first-order valence-electron chi connectivity index (χ1n) is 9.60. The van der Waals surface area contributed by atoms with Gasteiger partial charge >= 0.3 is 12.0 Å². The number of aromatic nitrogens is 2. The molecule has 2 aliphatic rings. The molecule has 148 valence electrons. The lowest BCUT2D eigenvalue weighted by atomic mass is 10.1. The average molecular weight is 384 g/mol. The topological polar surface area (TPSA) is 85.8 Å². The third-order valence-electron chi connectivity index (χ3n) is 4.91. The summed E-state index contributed by atoms with van der Waals surface area (Å²) in [5.74, 6) is 1.45. The van der Waals surface area contributed by atoms with Crippen molar-refractivity contribution < 1.29 is 19.0 Å². The van der Waals surface area contributed by atoms with E-state index < -0.39 is 0 Å². The van der Waals surface area contributed by atoms with Gasteiger partial charge in [0.05, 0.1) is 6.54 Å². The smallest absolute Gasteiger partial charge is 0.317 e. The summed E-state index contributed by atoms with van der Waals surface area (Å²) < 4.78 is 16.6. The van der Waals surface area contributed by atoms with Crippen molar-refractivity contribution in [1.29, 1.82) is 0 Å². The van der Waals surface area contributed by atoms with Gasteiger partial charge in [-0.2, -0.15) is 0 Å². The average Bonchev–Trinajstić information content (AvgIpc) is 3.20. The third-order valence-corrected chi connectivity index (χ3v) is 4.91. The molecular formula is C20H24N4O4. The molecule has 0 saturated carbocycles. The monoisotopic (exact) mass is 384 g/mol. The molecule has 2 amide bonds. The van der Waals surface area contributed by atoms with Crippen LogP contribution >= 0.6 is 0 Å². The van der Waals surface area contributed by atoms with Crippen LogP contribution in [0.4, 0.5) is 4.79 Å². The van der Waals surface area contributed by atoms with Gasteiger partial charge in [-0.25, -0.2) is 14.8 Å². The van der Waals surface area contributed by atoms with Gasteiger partial charge in [-0.1, -0.05) is 13.0 Å². The summed E-state index contributed by atoms with van der Waals surface area (Å²) in [7, 11) is 0. The Bertz CT molecular complexity index is 827. The molecule has 28 heavy (non-hydrogen) atoms. The number of carbonyl (C=O) groups excluding carboxylic acids is 1. The van der Waals surface area contributed by atoms with Crippen LogP contribution in [0.25, 0.3) is 0 Å². The number of piperidine rings is 1. The van der Waals surface area contributed by atoms with Crippen LogP contribution in [-0.4, -0.2) is 46.9 Å². The summed E-state index contributed by atoms with van der Waals surface area (Å²) in [5.41, 5.74) is 2.03. The molecule has 0 bridgehead atoms. The fourth-order valence-electron chi connectivity index (χ4n) is 3.29. The molecule has 2 aliphatic heterocycles. The standard InChI is InChI=1S/C20H24N4O4/c1-2-14-9-21-19(22-10-14)28-16-4-3-7-24(12-16)20(25)23-11-15-5-6-17-18(8-15)27-13-26-17/h5-6,8-10,16H,2-4,7,11-13H2,1H3,(H,23,25). The van der Waals surface area contributed by atoms with Gasteiger partial charge in [0.15, 0.2) is 11.5 Å². The Hall–Kier alpha value is -3.03. The lowest BCUT2D eigenvalue weighted by Crippen LogP contribution is -2.48. The fourth-order valence-corrected chi connectivity index (χ4v) is 3.29. The van der Waals surface area contributed by atoms with E-state index in [0.717, 1.165) is 36.1 Å². The van der Waals surface area contributed by atoms with E-state index >= 15 is 0 Å². The predicted molar refractivity (Wildman–Crippen MR) is 101 cm³/mol. The van der Waals surface area contributed by atoms with Crippen LogP contribution in [-0.2, 0) is 13.0 Å². The summed E-state index contributed by atoms with van der Waals surface area (Å²) in [4.78, 5) is 22.8. The van der Waals surface area contributed by atoms with E-state index in [2.05, 4.69) is 22.2 Å². The van der Waals surface area contributed by atoms with Crippen molar-refractivity contribution in [2.24, 2.45) is 0 Å². The zero-order valence-corrected chi connectivity index (χ0v) is 15.9. The summed E-state index contributed by atoms with van der Waals surface area (Å²) in [6.45, 7) is 3.96. The maximum Gasteiger partial charge on any atom is 0.317 e. The Morgan fingerprint density at radius 2 is 2.07 bits per heavy atom. The van der Waals surface area contributed by atoms with E-state index in [9.17, 15) is 4.79 Å². The minimum absolute atomic E-state index is 0.0995. The van der Waals surface area contributed by atoms with Gasteiger partial charge < -0.3 is 24.4 Å². The highest BCUT2D eigenvalue weighted by molar-refractivity contribution is 5.74. The zero-order valence-electron chi connectivity index (χ0n) is 15.9. The lowest BCUT2D eigenvalue weighted by molar-refractivity contribution is 0.0937. The number of likely N-dealkylation sites (tertiary alicyclic amines) is 1. The molecule has 1 N–H and O–H groups in total. The maximum atomic E-state index is 12.6. The molecule has 1 fully saturated rings. The normalized spacial score (nSPS) is 18.0. The van der Waals surface area contributed by atoms with E-state index in [-0.39, 0.29) is 18.9 Å². The quantitative estimate of drug-likeness (QED) is 0.853. The number of fused-ring (bicyclic) bond motifs is 1. The Morgan fingerprint density at radius 1 is 1.25 bits per heavy atom. The molecule has 0 aliphatic carbocycles. The van der Waals surface area contributed by atoms with Crippen LogP contribution in [0.2, 0.25) is 0 Å². The van der Waals surface area contributed by atoms with Gasteiger partial charge in [-0.3, -0.25) is 0 Å². The Balaban J connectivity index is 1.29. The number of amides is 2.